The van der Waals surface area contributed by atoms with Crippen molar-refractivity contribution in [3.05, 3.63) is 0 Å². The molecule has 0 saturated heterocycles. The van der Waals surface area contributed by atoms with Gasteiger partial charge in [0.05, 0.1) is 12.0 Å². The second-order valence-electron chi connectivity index (χ2n) is 3.86. The Labute approximate surface area is 98.2 Å². The molecule has 0 radical (unpaired) electrons. The van der Waals surface area contributed by atoms with Crippen LogP contribution >= 0.6 is 0 Å². The lowest BCUT2D eigenvalue weighted by atomic mass is 10.1. The number of carboxylic acids is 2. The van der Waals surface area contributed by atoms with Crippen LogP contribution in [0.1, 0.15) is 20.3 Å². The molecule has 0 spiro atoms. The molecule has 1 atom stereocenters. The number of terminal acetylenes is 1. The van der Waals surface area contributed by atoms with Crippen LogP contribution < -0.4 is 10.6 Å². The molecule has 94 valence electrons. The summed E-state index contributed by atoms with van der Waals surface area (Å²) in [5.41, 5.74) is -0.948. The van der Waals surface area contributed by atoms with E-state index in [-0.39, 0.29) is 0 Å². The molecule has 0 aromatic heterocycles. The van der Waals surface area contributed by atoms with Gasteiger partial charge in [-0.3, -0.25) is 4.79 Å². The van der Waals surface area contributed by atoms with E-state index in [1.807, 2.05) is 5.32 Å². The van der Waals surface area contributed by atoms with Crippen molar-refractivity contribution in [1.82, 2.24) is 10.6 Å². The molecule has 0 aliphatic heterocycles. The summed E-state index contributed by atoms with van der Waals surface area (Å²) >= 11 is 0. The predicted molar refractivity (Wildman–Crippen MR) is 58.3 cm³/mol. The molecule has 0 aliphatic carbocycles. The Morgan fingerprint density at radius 1 is 1.35 bits per heavy atom. The average molecular weight is 242 g/mol. The topological polar surface area (TPSA) is 116 Å². The average Bonchev–Trinajstić information content (AvgIpc) is 2.15. The van der Waals surface area contributed by atoms with Crippen LogP contribution in [0.4, 0.5) is 4.79 Å². The first-order chi connectivity index (χ1) is 7.68. The fraction of sp³-hybridized carbons (Fsp3) is 0.500. The van der Waals surface area contributed by atoms with Crippen molar-refractivity contribution in [2.45, 2.75) is 31.8 Å². The van der Waals surface area contributed by atoms with Crippen LogP contribution in [-0.2, 0) is 9.59 Å². The highest BCUT2D eigenvalue weighted by Crippen LogP contribution is 1.99. The number of aliphatic carboxylic acids is 2. The molecule has 0 bridgehead atoms. The summed E-state index contributed by atoms with van der Waals surface area (Å²) in [5, 5.41) is 21.5. The second kappa shape index (κ2) is 5.75. The molecule has 0 heterocycles. The highest BCUT2D eigenvalue weighted by molar-refractivity contribution is 5.86. The van der Waals surface area contributed by atoms with Crippen molar-refractivity contribution in [2.24, 2.45) is 0 Å². The molecule has 0 aromatic rings. The van der Waals surface area contributed by atoms with Gasteiger partial charge in [-0.1, -0.05) is 5.92 Å². The molecule has 0 aromatic carbocycles. The zero-order valence-electron chi connectivity index (χ0n) is 9.48. The number of nitrogens with one attached hydrogen (secondary N) is 2. The number of carbonyl (C=O) groups is 3. The van der Waals surface area contributed by atoms with Crippen LogP contribution in [0, 0.1) is 12.3 Å². The lowest BCUT2D eigenvalue weighted by Gasteiger charge is -2.21. The predicted octanol–water partition coefficient (Wildman–Crippen LogP) is -0.375. The molecule has 2 amide bonds. The van der Waals surface area contributed by atoms with Crippen molar-refractivity contribution in [3.63, 3.8) is 0 Å². The van der Waals surface area contributed by atoms with Gasteiger partial charge in [0.1, 0.15) is 6.04 Å². The smallest absolute Gasteiger partial charge is 0.326 e. The molecule has 1 unspecified atom stereocenters. The van der Waals surface area contributed by atoms with Gasteiger partial charge in [0.15, 0.2) is 0 Å². The monoisotopic (exact) mass is 242 g/mol. The van der Waals surface area contributed by atoms with Crippen molar-refractivity contribution >= 4 is 18.0 Å². The standard InChI is InChI=1S/C10H14N2O5/c1-4-10(2,3)12-9(17)11-6(8(15)16)5-7(13)14/h1,6H,5H2,2-3H3,(H,13,14)(H,15,16)(H2,11,12,17). The highest BCUT2D eigenvalue weighted by atomic mass is 16.4. The number of hydrogen-bond donors (Lipinski definition) is 4. The van der Waals surface area contributed by atoms with E-state index in [9.17, 15) is 14.4 Å². The number of urea groups is 1. The summed E-state index contributed by atoms with van der Waals surface area (Å²) < 4.78 is 0. The van der Waals surface area contributed by atoms with E-state index in [4.69, 9.17) is 16.6 Å². The van der Waals surface area contributed by atoms with Gasteiger partial charge in [-0.2, -0.15) is 0 Å². The highest BCUT2D eigenvalue weighted by Gasteiger charge is 2.25. The number of amides is 2. The first-order valence-corrected chi connectivity index (χ1v) is 4.69. The summed E-state index contributed by atoms with van der Waals surface area (Å²) in [6.45, 7) is 3.08. The minimum absolute atomic E-state index is 0.709. The third kappa shape index (κ3) is 6.04. The van der Waals surface area contributed by atoms with Crippen molar-refractivity contribution in [2.75, 3.05) is 0 Å². The van der Waals surface area contributed by atoms with E-state index in [0.717, 1.165) is 0 Å². The summed E-state index contributed by atoms with van der Waals surface area (Å²) in [5.74, 6) is -0.475. The normalized spacial score (nSPS) is 12.1. The second-order valence-corrected chi connectivity index (χ2v) is 3.86. The Bertz CT molecular complexity index is 369. The van der Waals surface area contributed by atoms with E-state index in [1.54, 1.807) is 13.8 Å². The third-order valence-electron chi connectivity index (χ3n) is 1.77. The van der Waals surface area contributed by atoms with Crippen LogP contribution in [0.25, 0.3) is 0 Å². The van der Waals surface area contributed by atoms with E-state index in [2.05, 4.69) is 11.2 Å². The van der Waals surface area contributed by atoms with Crippen LogP contribution in [0.2, 0.25) is 0 Å². The van der Waals surface area contributed by atoms with Gasteiger partial charge in [-0.25, -0.2) is 9.59 Å². The maximum atomic E-state index is 11.3. The van der Waals surface area contributed by atoms with Crippen LogP contribution in [0.5, 0.6) is 0 Å². The quantitative estimate of drug-likeness (QED) is 0.491. The summed E-state index contributed by atoms with van der Waals surface area (Å²) in [7, 11) is 0. The lowest BCUT2D eigenvalue weighted by molar-refractivity contribution is -0.145. The molecule has 0 aliphatic rings. The van der Waals surface area contributed by atoms with E-state index in [1.165, 1.54) is 0 Å². The van der Waals surface area contributed by atoms with Crippen LogP contribution in [0.15, 0.2) is 0 Å². The van der Waals surface area contributed by atoms with E-state index < -0.39 is 36.0 Å². The Morgan fingerprint density at radius 2 is 1.88 bits per heavy atom. The fourth-order valence-electron chi connectivity index (χ4n) is 0.889. The van der Waals surface area contributed by atoms with Crippen LogP contribution in [0.3, 0.4) is 0 Å². The zero-order chi connectivity index (χ0) is 13.6. The Morgan fingerprint density at radius 3 is 2.24 bits per heavy atom. The van der Waals surface area contributed by atoms with Gasteiger partial charge in [0.25, 0.3) is 0 Å². The molecule has 4 N–H and O–H groups in total. The first kappa shape index (κ1) is 14.8. The minimum Gasteiger partial charge on any atom is -0.481 e. The first-order valence-electron chi connectivity index (χ1n) is 4.69. The van der Waals surface area contributed by atoms with Crippen molar-refractivity contribution in [1.29, 1.82) is 0 Å². The molecule has 7 nitrogen and oxygen atoms in total. The van der Waals surface area contributed by atoms with E-state index >= 15 is 0 Å². The molecule has 7 heteroatoms. The Balaban J connectivity index is 4.48. The van der Waals surface area contributed by atoms with Gasteiger partial charge in [-0.15, -0.1) is 6.42 Å². The summed E-state index contributed by atoms with van der Waals surface area (Å²) in [4.78, 5) is 32.4. The van der Waals surface area contributed by atoms with Crippen molar-refractivity contribution in [3.8, 4) is 12.3 Å². The third-order valence-corrected chi connectivity index (χ3v) is 1.77. The molecular formula is C10H14N2O5. The Hall–Kier alpha value is -2.23. The Kier molecular flexibility index (Phi) is 4.99. The van der Waals surface area contributed by atoms with Crippen molar-refractivity contribution < 1.29 is 24.6 Å². The molecule has 0 saturated carbocycles. The molecular weight excluding hydrogens is 228 g/mol. The number of carbonyl (C=O) groups excluding carboxylic acids is 1. The summed E-state index contributed by atoms with van der Waals surface area (Å²) in [6.07, 6.45) is 4.41. The summed E-state index contributed by atoms with van der Waals surface area (Å²) in [6, 6.07) is -2.33. The molecule has 0 fully saturated rings. The largest absolute Gasteiger partial charge is 0.481 e. The fourth-order valence-corrected chi connectivity index (χ4v) is 0.889. The van der Waals surface area contributed by atoms with E-state index in [0.29, 0.717) is 0 Å². The van der Waals surface area contributed by atoms with Gasteiger partial charge in [0.2, 0.25) is 0 Å². The minimum atomic E-state index is -1.50. The van der Waals surface area contributed by atoms with Gasteiger partial charge < -0.3 is 20.8 Å². The zero-order valence-corrected chi connectivity index (χ0v) is 9.48. The number of hydrogen-bond acceptors (Lipinski definition) is 3. The number of rotatable bonds is 5. The lowest BCUT2D eigenvalue weighted by Crippen LogP contribution is -2.52. The molecule has 0 rings (SSSR count). The van der Waals surface area contributed by atoms with Gasteiger partial charge in [0, 0.05) is 0 Å². The van der Waals surface area contributed by atoms with Crippen LogP contribution in [-0.4, -0.2) is 39.8 Å². The maximum Gasteiger partial charge on any atom is 0.326 e. The SMILES string of the molecule is C#CC(C)(C)NC(=O)NC(CC(=O)O)C(=O)O. The van der Waals surface area contributed by atoms with Gasteiger partial charge in [-0.05, 0) is 13.8 Å². The van der Waals surface area contributed by atoms with Gasteiger partial charge >= 0.3 is 18.0 Å². The number of carboxylic acid groups (broad SMARTS) is 2. The molecule has 17 heavy (non-hydrogen) atoms. The maximum absolute atomic E-state index is 11.3.